The van der Waals surface area contributed by atoms with Gasteiger partial charge in [-0.05, 0) is 104 Å². The summed E-state index contributed by atoms with van der Waals surface area (Å²) in [6, 6.07) is 5.26. The minimum Gasteiger partial charge on any atom is -0.371 e. The Morgan fingerprint density at radius 1 is 0.706 bits per heavy atom. The van der Waals surface area contributed by atoms with Crippen LogP contribution in [-0.4, -0.2) is 37.1 Å². The van der Waals surface area contributed by atoms with Gasteiger partial charge in [-0.2, -0.15) is 0 Å². The van der Waals surface area contributed by atoms with E-state index in [0.717, 1.165) is 36.3 Å². The van der Waals surface area contributed by atoms with Crippen LogP contribution in [0.3, 0.4) is 0 Å². The third-order valence-electron chi connectivity index (χ3n) is 6.13. The van der Waals surface area contributed by atoms with Crippen molar-refractivity contribution >= 4 is 30.6 Å². The number of pyridine rings is 2. The summed E-state index contributed by atoms with van der Waals surface area (Å²) < 4.78 is 19.1. The lowest BCUT2D eigenvalue weighted by atomic mass is 9.96. The average molecular weight is 483 g/mol. The number of rotatable bonds is 11. The number of aromatic nitrogens is 2. The van der Waals surface area contributed by atoms with E-state index in [1.54, 1.807) is 0 Å². The van der Waals surface area contributed by atoms with Gasteiger partial charge in [0.2, 0.25) is 0 Å². The fraction of sp³-hybridized carbons (Fsp3) is 0.571. The van der Waals surface area contributed by atoms with Crippen molar-refractivity contribution in [3.05, 3.63) is 46.8 Å². The Morgan fingerprint density at radius 3 is 1.76 bits per heavy atom. The molecule has 2 aromatic heterocycles. The van der Waals surface area contributed by atoms with Gasteiger partial charge < -0.3 is 13.3 Å². The number of fused-ring (bicyclic) bond motifs is 3. The molecular formula is C28H42N2O3Si. The van der Waals surface area contributed by atoms with Gasteiger partial charge in [-0.1, -0.05) is 12.1 Å². The van der Waals surface area contributed by atoms with Gasteiger partial charge >= 0.3 is 8.80 Å². The fourth-order valence-corrected chi connectivity index (χ4v) is 7.98. The van der Waals surface area contributed by atoms with Crippen LogP contribution in [0.15, 0.2) is 24.5 Å². The maximum Gasteiger partial charge on any atom is 0.501 e. The summed E-state index contributed by atoms with van der Waals surface area (Å²) in [5.41, 5.74) is 7.07. The minimum absolute atomic E-state index is 0.0726. The quantitative estimate of drug-likeness (QED) is 0.164. The van der Waals surface area contributed by atoms with Gasteiger partial charge in [-0.25, -0.2) is 0 Å². The van der Waals surface area contributed by atoms with Crippen LogP contribution in [0.1, 0.15) is 76.6 Å². The van der Waals surface area contributed by atoms with E-state index < -0.39 is 8.80 Å². The second-order valence-corrected chi connectivity index (χ2v) is 12.8. The van der Waals surface area contributed by atoms with Crippen molar-refractivity contribution in [1.82, 2.24) is 9.97 Å². The zero-order chi connectivity index (χ0) is 25.0. The molecule has 1 aromatic carbocycles. The Bertz CT molecular complexity index is 1100. The Labute approximate surface area is 206 Å². The number of hydrogen-bond donors (Lipinski definition) is 0. The van der Waals surface area contributed by atoms with E-state index in [1.807, 2.05) is 12.4 Å². The molecule has 0 saturated heterocycles. The summed E-state index contributed by atoms with van der Waals surface area (Å²) in [5, 5.41) is 2.40. The van der Waals surface area contributed by atoms with E-state index in [-0.39, 0.29) is 18.3 Å². The summed E-state index contributed by atoms with van der Waals surface area (Å²) in [6.45, 7) is 18.8. The van der Waals surface area contributed by atoms with Gasteiger partial charge in [0.05, 0.1) is 11.0 Å². The highest BCUT2D eigenvalue weighted by molar-refractivity contribution is 6.60. The zero-order valence-corrected chi connectivity index (χ0v) is 23.5. The lowest BCUT2D eigenvalue weighted by molar-refractivity contribution is 0.00281. The summed E-state index contributed by atoms with van der Waals surface area (Å²) >= 11 is 0. The Morgan fingerprint density at radius 2 is 1.21 bits per heavy atom. The first-order chi connectivity index (χ1) is 16.0. The van der Waals surface area contributed by atoms with Crippen molar-refractivity contribution < 1.29 is 13.3 Å². The molecule has 0 unspecified atom stereocenters. The Kier molecular flexibility index (Phi) is 8.85. The van der Waals surface area contributed by atoms with Crippen LogP contribution in [0, 0.1) is 20.8 Å². The lowest BCUT2D eigenvalue weighted by Crippen LogP contribution is -2.50. The summed E-state index contributed by atoms with van der Waals surface area (Å²) in [7, 11) is -2.76. The normalized spacial score (nSPS) is 12.7. The van der Waals surface area contributed by atoms with Crippen molar-refractivity contribution in [3.63, 3.8) is 0 Å². The first kappa shape index (κ1) is 26.7. The molecule has 0 radical (unpaired) electrons. The van der Waals surface area contributed by atoms with E-state index >= 15 is 0 Å². The van der Waals surface area contributed by atoms with Crippen molar-refractivity contribution in [2.45, 2.75) is 106 Å². The van der Waals surface area contributed by atoms with Gasteiger partial charge in [-0.15, -0.1) is 0 Å². The predicted octanol–water partition coefficient (Wildman–Crippen LogP) is 7.24. The predicted molar refractivity (Wildman–Crippen MR) is 143 cm³/mol. The number of benzene rings is 1. The maximum atomic E-state index is 6.35. The van der Waals surface area contributed by atoms with Crippen molar-refractivity contribution in [2.75, 3.05) is 0 Å². The average Bonchev–Trinajstić information content (AvgIpc) is 2.73. The highest BCUT2D eigenvalue weighted by Gasteiger charge is 2.43. The van der Waals surface area contributed by atoms with Crippen LogP contribution in [0.25, 0.3) is 21.8 Å². The van der Waals surface area contributed by atoms with Crippen molar-refractivity contribution in [1.29, 1.82) is 0 Å². The third kappa shape index (κ3) is 6.22. The number of hydrogen-bond acceptors (Lipinski definition) is 5. The van der Waals surface area contributed by atoms with Crippen LogP contribution >= 0.6 is 0 Å². The SMILES string of the molecule is Cc1cnc2c(ccc3c(CCCC[Si](OC(C)C)(OC(C)C)OC(C)C)c(C)cnc32)c1C. The highest BCUT2D eigenvalue weighted by atomic mass is 28.4. The van der Waals surface area contributed by atoms with Crippen molar-refractivity contribution in [3.8, 4) is 0 Å². The van der Waals surface area contributed by atoms with E-state index in [2.05, 4.69) is 74.4 Å². The molecule has 0 N–H and O–H groups in total. The molecule has 6 heteroatoms. The minimum atomic E-state index is -2.76. The van der Waals surface area contributed by atoms with Gasteiger partial charge in [0.1, 0.15) is 0 Å². The van der Waals surface area contributed by atoms with Crippen LogP contribution < -0.4 is 0 Å². The Balaban J connectivity index is 1.83. The molecule has 0 spiro atoms. The maximum absolute atomic E-state index is 6.35. The van der Waals surface area contributed by atoms with Crippen LogP contribution in [-0.2, 0) is 19.7 Å². The van der Waals surface area contributed by atoms with E-state index in [0.29, 0.717) is 0 Å². The van der Waals surface area contributed by atoms with Gasteiger partial charge in [0, 0.05) is 47.5 Å². The molecule has 2 heterocycles. The van der Waals surface area contributed by atoms with E-state index in [1.165, 1.54) is 33.0 Å². The molecular weight excluding hydrogens is 440 g/mol. The standard InChI is InChI=1S/C28H42N2O3Si/c1-18(2)31-34(32-19(3)4,33-20(5)6)15-11-10-12-24-22(8)17-30-28-26(24)14-13-25-23(9)21(7)16-29-27(25)28/h13-14,16-20H,10-12,15H2,1-9H3. The first-order valence-electron chi connectivity index (χ1n) is 12.7. The molecule has 0 atom stereocenters. The molecule has 0 saturated carbocycles. The molecule has 5 nitrogen and oxygen atoms in total. The molecule has 0 aliphatic rings. The monoisotopic (exact) mass is 482 g/mol. The molecule has 0 aliphatic carbocycles. The van der Waals surface area contributed by atoms with Gasteiger partial charge in [-0.3, -0.25) is 9.97 Å². The number of aryl methyl sites for hydroxylation is 4. The first-order valence-corrected chi connectivity index (χ1v) is 14.6. The topological polar surface area (TPSA) is 53.5 Å². The van der Waals surface area contributed by atoms with Crippen LogP contribution in [0.4, 0.5) is 0 Å². The molecule has 0 amide bonds. The fourth-order valence-electron chi connectivity index (χ4n) is 4.62. The second-order valence-electron chi connectivity index (χ2n) is 10.2. The van der Waals surface area contributed by atoms with Crippen molar-refractivity contribution in [2.24, 2.45) is 0 Å². The number of nitrogens with zero attached hydrogens (tertiary/aromatic N) is 2. The molecule has 186 valence electrons. The number of unbranched alkanes of at least 4 members (excludes halogenated alkanes) is 1. The van der Waals surface area contributed by atoms with E-state index in [4.69, 9.17) is 23.2 Å². The molecule has 3 aromatic rings. The Hall–Kier alpha value is -1.86. The second kappa shape index (κ2) is 11.3. The summed E-state index contributed by atoms with van der Waals surface area (Å²) in [4.78, 5) is 9.54. The third-order valence-corrected chi connectivity index (χ3v) is 9.59. The lowest BCUT2D eigenvalue weighted by Gasteiger charge is -2.34. The molecule has 0 fully saturated rings. The van der Waals surface area contributed by atoms with Crippen LogP contribution in [0.5, 0.6) is 0 Å². The molecule has 0 bridgehead atoms. The van der Waals surface area contributed by atoms with E-state index in [9.17, 15) is 0 Å². The summed E-state index contributed by atoms with van der Waals surface area (Å²) in [5.74, 6) is 0. The molecule has 34 heavy (non-hydrogen) atoms. The summed E-state index contributed by atoms with van der Waals surface area (Å²) in [6.07, 6.45) is 7.19. The van der Waals surface area contributed by atoms with Gasteiger partial charge in [0.25, 0.3) is 0 Å². The smallest absolute Gasteiger partial charge is 0.371 e. The largest absolute Gasteiger partial charge is 0.501 e. The molecule has 3 rings (SSSR count). The van der Waals surface area contributed by atoms with Crippen LogP contribution in [0.2, 0.25) is 6.04 Å². The zero-order valence-electron chi connectivity index (χ0n) is 22.5. The molecule has 0 aliphatic heterocycles. The van der Waals surface area contributed by atoms with Gasteiger partial charge in [0.15, 0.2) is 0 Å². The highest BCUT2D eigenvalue weighted by Crippen LogP contribution is 2.31.